The molecule has 0 heterocycles. The molecule has 0 bridgehead atoms. The lowest BCUT2D eigenvalue weighted by Gasteiger charge is -2.60. The molecule has 2 N–H and O–H groups in total. The monoisotopic (exact) mass is 432 g/mol. The van der Waals surface area contributed by atoms with Crippen molar-refractivity contribution in [1.82, 2.24) is 0 Å². The Labute approximate surface area is 190 Å². The van der Waals surface area contributed by atoms with Gasteiger partial charge in [0.25, 0.3) is 0 Å². The number of carbonyl (C=O) groups is 1. The van der Waals surface area contributed by atoms with Crippen molar-refractivity contribution in [3.05, 3.63) is 0 Å². The van der Waals surface area contributed by atoms with Crippen molar-refractivity contribution < 1.29 is 15.0 Å². The molecule has 0 aliphatic heterocycles. The van der Waals surface area contributed by atoms with Crippen LogP contribution in [0.3, 0.4) is 0 Å². The molecule has 4 rings (SSSR count). The molecular formula is C28H48O3. The predicted molar refractivity (Wildman–Crippen MR) is 125 cm³/mol. The van der Waals surface area contributed by atoms with Crippen LogP contribution >= 0.6 is 0 Å². The Balaban J connectivity index is 1.50. The molecule has 0 aromatic heterocycles. The minimum absolute atomic E-state index is 0.0937. The number of fused-ring (bicyclic) bond motifs is 5. The third-order valence-corrected chi connectivity index (χ3v) is 11.5. The van der Waals surface area contributed by atoms with Gasteiger partial charge in [0.05, 0.1) is 11.7 Å². The number of Topliss-reactive ketones (excluding diaryl/α,β-unsaturated/α-hetero) is 1. The van der Waals surface area contributed by atoms with Gasteiger partial charge in [0.1, 0.15) is 5.78 Å². The summed E-state index contributed by atoms with van der Waals surface area (Å²) in [6, 6.07) is 0. The summed E-state index contributed by atoms with van der Waals surface area (Å²) in [6.45, 7) is 13.6. The number of hydrogen-bond acceptors (Lipinski definition) is 3. The van der Waals surface area contributed by atoms with Gasteiger partial charge in [-0.3, -0.25) is 4.79 Å². The molecule has 4 saturated carbocycles. The SMILES string of the molecule is CC(C)[C@](C)(O)CC[C@@H](C)[C@H]1CC[C@H]2[C@@H]3CC(=O)[C@H]4C[C@@H](O)CC[C@]4(C)[C@H]3CC[C@]12C. The number of aliphatic hydroxyl groups excluding tert-OH is 1. The van der Waals surface area contributed by atoms with E-state index in [9.17, 15) is 15.0 Å². The first-order valence-corrected chi connectivity index (χ1v) is 13.3. The zero-order valence-corrected chi connectivity index (χ0v) is 21.0. The molecule has 0 aromatic carbocycles. The molecule has 0 unspecified atom stereocenters. The molecule has 178 valence electrons. The normalized spacial score (nSPS) is 48.0. The fourth-order valence-electron chi connectivity index (χ4n) is 9.00. The molecule has 4 aliphatic carbocycles. The summed E-state index contributed by atoms with van der Waals surface area (Å²) >= 11 is 0. The second-order valence-corrected chi connectivity index (χ2v) is 13.3. The van der Waals surface area contributed by atoms with E-state index in [1.54, 1.807) is 0 Å². The summed E-state index contributed by atoms with van der Waals surface area (Å²) < 4.78 is 0. The highest BCUT2D eigenvalue weighted by Crippen LogP contribution is 2.67. The van der Waals surface area contributed by atoms with E-state index in [1.165, 1.54) is 25.7 Å². The van der Waals surface area contributed by atoms with Crippen molar-refractivity contribution in [3.8, 4) is 0 Å². The van der Waals surface area contributed by atoms with E-state index in [2.05, 4.69) is 34.6 Å². The van der Waals surface area contributed by atoms with Crippen LogP contribution in [0.5, 0.6) is 0 Å². The minimum Gasteiger partial charge on any atom is -0.393 e. The first kappa shape index (κ1) is 23.7. The Morgan fingerprint density at radius 2 is 1.68 bits per heavy atom. The van der Waals surface area contributed by atoms with Crippen LogP contribution in [0.1, 0.15) is 106 Å². The van der Waals surface area contributed by atoms with Gasteiger partial charge in [0, 0.05) is 12.3 Å². The Morgan fingerprint density at radius 3 is 2.35 bits per heavy atom. The van der Waals surface area contributed by atoms with Gasteiger partial charge in [0.15, 0.2) is 0 Å². The van der Waals surface area contributed by atoms with E-state index in [-0.39, 0.29) is 23.4 Å². The topological polar surface area (TPSA) is 57.5 Å². The molecule has 0 amide bonds. The zero-order chi connectivity index (χ0) is 22.8. The van der Waals surface area contributed by atoms with Gasteiger partial charge in [-0.25, -0.2) is 0 Å². The standard InChI is InChI=1S/C28H48O3/c1-17(2)28(6,31)14-9-18(3)21-7-8-22-20-16-25(30)24-15-19(29)10-12-27(24,5)23(20)11-13-26(21,22)4/h17-24,29,31H,7-16H2,1-6H3/t18-,19+,20+,21-,22+,23+,24-,26-,27-,28-/m1/s1. The molecule has 3 nitrogen and oxygen atoms in total. The molecule has 3 heteroatoms. The summed E-state index contributed by atoms with van der Waals surface area (Å²) in [6.07, 6.45) is 10.2. The van der Waals surface area contributed by atoms with E-state index in [1.807, 2.05) is 6.92 Å². The molecule has 4 fully saturated rings. The lowest BCUT2D eigenvalue weighted by molar-refractivity contribution is -0.160. The van der Waals surface area contributed by atoms with Gasteiger partial charge in [0.2, 0.25) is 0 Å². The van der Waals surface area contributed by atoms with Crippen LogP contribution in [0.4, 0.5) is 0 Å². The van der Waals surface area contributed by atoms with Crippen LogP contribution < -0.4 is 0 Å². The van der Waals surface area contributed by atoms with Crippen LogP contribution in [-0.4, -0.2) is 27.7 Å². The van der Waals surface area contributed by atoms with E-state index in [0.29, 0.717) is 41.3 Å². The zero-order valence-electron chi connectivity index (χ0n) is 21.0. The third-order valence-electron chi connectivity index (χ3n) is 11.5. The second kappa shape index (κ2) is 8.12. The average Bonchev–Trinajstić information content (AvgIpc) is 3.05. The van der Waals surface area contributed by atoms with E-state index < -0.39 is 5.60 Å². The van der Waals surface area contributed by atoms with Crippen molar-refractivity contribution in [1.29, 1.82) is 0 Å². The lowest BCUT2D eigenvalue weighted by atomic mass is 9.44. The van der Waals surface area contributed by atoms with Crippen LogP contribution in [0.25, 0.3) is 0 Å². The molecular weight excluding hydrogens is 384 g/mol. The molecule has 10 atom stereocenters. The van der Waals surface area contributed by atoms with Gasteiger partial charge in [-0.05, 0) is 111 Å². The number of carbonyl (C=O) groups excluding carboxylic acids is 1. The Kier molecular flexibility index (Phi) is 6.21. The van der Waals surface area contributed by atoms with Crippen molar-refractivity contribution >= 4 is 5.78 Å². The quantitative estimate of drug-likeness (QED) is 0.559. The van der Waals surface area contributed by atoms with Gasteiger partial charge < -0.3 is 10.2 Å². The molecule has 4 aliphatic rings. The summed E-state index contributed by atoms with van der Waals surface area (Å²) in [5, 5.41) is 21.0. The Bertz CT molecular complexity index is 684. The summed E-state index contributed by atoms with van der Waals surface area (Å²) in [4.78, 5) is 13.3. The molecule has 0 radical (unpaired) electrons. The highest BCUT2D eigenvalue weighted by Gasteiger charge is 2.62. The van der Waals surface area contributed by atoms with Gasteiger partial charge in [-0.15, -0.1) is 0 Å². The summed E-state index contributed by atoms with van der Waals surface area (Å²) in [5.74, 6) is 4.08. The highest BCUT2D eigenvalue weighted by molar-refractivity contribution is 5.83. The minimum atomic E-state index is -0.574. The lowest BCUT2D eigenvalue weighted by Crippen LogP contribution is -2.57. The fraction of sp³-hybridized carbons (Fsp3) is 0.964. The number of hydrogen-bond donors (Lipinski definition) is 2. The predicted octanol–water partition coefficient (Wildman–Crippen LogP) is 6.01. The first-order valence-electron chi connectivity index (χ1n) is 13.3. The van der Waals surface area contributed by atoms with Crippen LogP contribution in [0.2, 0.25) is 0 Å². The molecule has 0 saturated heterocycles. The largest absolute Gasteiger partial charge is 0.393 e. The van der Waals surface area contributed by atoms with Crippen LogP contribution in [0, 0.1) is 52.3 Å². The number of aliphatic hydroxyl groups is 2. The van der Waals surface area contributed by atoms with E-state index >= 15 is 0 Å². The second-order valence-electron chi connectivity index (χ2n) is 13.3. The summed E-state index contributed by atoms with van der Waals surface area (Å²) in [5.41, 5.74) is -0.113. The molecule has 0 aromatic rings. The maximum atomic E-state index is 13.3. The average molecular weight is 433 g/mol. The third kappa shape index (κ3) is 3.84. The van der Waals surface area contributed by atoms with Gasteiger partial charge >= 0.3 is 0 Å². The Morgan fingerprint density at radius 1 is 1.03 bits per heavy atom. The van der Waals surface area contributed by atoms with Crippen molar-refractivity contribution in [2.45, 2.75) is 117 Å². The molecule has 0 spiro atoms. The van der Waals surface area contributed by atoms with Crippen LogP contribution in [-0.2, 0) is 4.79 Å². The van der Waals surface area contributed by atoms with Gasteiger partial charge in [-0.1, -0.05) is 34.6 Å². The van der Waals surface area contributed by atoms with Crippen molar-refractivity contribution in [2.75, 3.05) is 0 Å². The van der Waals surface area contributed by atoms with Crippen molar-refractivity contribution in [3.63, 3.8) is 0 Å². The molecule has 31 heavy (non-hydrogen) atoms. The summed E-state index contributed by atoms with van der Waals surface area (Å²) in [7, 11) is 0. The maximum absolute atomic E-state index is 13.3. The number of ketones is 1. The van der Waals surface area contributed by atoms with Crippen LogP contribution in [0.15, 0.2) is 0 Å². The van der Waals surface area contributed by atoms with Gasteiger partial charge in [-0.2, -0.15) is 0 Å². The van der Waals surface area contributed by atoms with E-state index in [4.69, 9.17) is 0 Å². The number of rotatable bonds is 5. The maximum Gasteiger partial charge on any atom is 0.136 e. The van der Waals surface area contributed by atoms with E-state index in [0.717, 1.165) is 38.0 Å². The Hall–Kier alpha value is -0.410. The first-order chi connectivity index (χ1) is 14.4. The van der Waals surface area contributed by atoms with Crippen molar-refractivity contribution in [2.24, 2.45) is 52.3 Å². The highest BCUT2D eigenvalue weighted by atomic mass is 16.3. The smallest absolute Gasteiger partial charge is 0.136 e. The fourth-order valence-corrected chi connectivity index (χ4v) is 9.00.